The molecule has 3 aromatic rings. The largest absolute Gasteiger partial charge is 0.497 e. The van der Waals surface area contributed by atoms with E-state index in [-0.39, 0.29) is 12.5 Å². The van der Waals surface area contributed by atoms with Gasteiger partial charge in [0.05, 0.1) is 32.9 Å². The van der Waals surface area contributed by atoms with Crippen LogP contribution in [0.2, 0.25) is 0 Å². The van der Waals surface area contributed by atoms with Gasteiger partial charge in [-0.05, 0) is 29.3 Å². The molecule has 7 nitrogen and oxygen atoms in total. The van der Waals surface area contributed by atoms with Crippen molar-refractivity contribution in [2.45, 2.75) is 5.92 Å². The van der Waals surface area contributed by atoms with E-state index in [9.17, 15) is 9.59 Å². The van der Waals surface area contributed by atoms with Gasteiger partial charge < -0.3 is 14.8 Å². The van der Waals surface area contributed by atoms with E-state index >= 15 is 0 Å². The van der Waals surface area contributed by atoms with Crippen LogP contribution in [-0.4, -0.2) is 38.8 Å². The maximum absolute atomic E-state index is 12.9. The van der Waals surface area contributed by atoms with Crippen LogP contribution in [0.5, 0.6) is 11.5 Å². The zero-order chi connectivity index (χ0) is 22.8. The number of hydrogen-bond donors (Lipinski definition) is 2. The van der Waals surface area contributed by atoms with E-state index in [0.717, 1.165) is 11.1 Å². The Labute approximate surface area is 187 Å². The summed E-state index contributed by atoms with van der Waals surface area (Å²) in [4.78, 5) is 25.2. The summed E-state index contributed by atoms with van der Waals surface area (Å²) in [6, 6.07) is 24.1. The Bertz CT molecular complexity index is 1030. The molecule has 0 fully saturated rings. The number of nitrogens with one attached hydrogen (secondary N) is 2. The predicted octanol–water partition coefficient (Wildman–Crippen LogP) is 3.10. The molecule has 0 aliphatic heterocycles. The summed E-state index contributed by atoms with van der Waals surface area (Å²) >= 11 is 0. The number of nitrogens with zero attached hydrogens (tertiary/aromatic N) is 1. The van der Waals surface area contributed by atoms with Crippen LogP contribution in [0, 0.1) is 0 Å². The summed E-state index contributed by atoms with van der Waals surface area (Å²) < 4.78 is 10.5. The number of carbonyl (C=O) groups excluding carboxylic acids is 2. The number of hydrogen-bond acceptors (Lipinski definition) is 5. The van der Waals surface area contributed by atoms with Crippen LogP contribution in [-0.2, 0) is 9.59 Å². The molecular weight excluding hydrogens is 406 g/mol. The molecule has 0 bridgehead atoms. The number of methoxy groups -OCH3 is 2. The normalized spacial score (nSPS) is 10.7. The van der Waals surface area contributed by atoms with Crippen molar-refractivity contribution in [3.05, 3.63) is 95.6 Å². The Morgan fingerprint density at radius 2 is 1.53 bits per heavy atom. The number of carbonyl (C=O) groups is 2. The van der Waals surface area contributed by atoms with Gasteiger partial charge in [0.25, 0.3) is 5.91 Å². The first kappa shape index (κ1) is 22.6. The molecule has 7 heteroatoms. The lowest BCUT2D eigenvalue weighted by molar-refractivity contribution is -0.126. The topological polar surface area (TPSA) is 89.0 Å². The van der Waals surface area contributed by atoms with Crippen molar-refractivity contribution in [3.63, 3.8) is 0 Å². The minimum absolute atomic E-state index is 0.207. The van der Waals surface area contributed by atoms with Gasteiger partial charge in [-0.3, -0.25) is 9.59 Å². The van der Waals surface area contributed by atoms with Gasteiger partial charge in [0.15, 0.2) is 0 Å². The third kappa shape index (κ3) is 5.95. The molecule has 0 aromatic heterocycles. The van der Waals surface area contributed by atoms with Gasteiger partial charge in [-0.25, -0.2) is 5.43 Å². The lowest BCUT2D eigenvalue weighted by atomic mass is 9.90. The third-order valence-electron chi connectivity index (χ3n) is 4.78. The minimum Gasteiger partial charge on any atom is -0.497 e. The van der Waals surface area contributed by atoms with Crippen molar-refractivity contribution in [1.82, 2.24) is 10.7 Å². The Morgan fingerprint density at radius 3 is 2.09 bits per heavy atom. The molecule has 0 aliphatic rings. The van der Waals surface area contributed by atoms with Crippen LogP contribution >= 0.6 is 0 Å². The Hall–Kier alpha value is -4.13. The summed E-state index contributed by atoms with van der Waals surface area (Å²) in [5.74, 6) is -0.00792. The van der Waals surface area contributed by atoms with Crippen LogP contribution in [0.1, 0.15) is 22.6 Å². The molecule has 0 unspecified atom stereocenters. The summed E-state index contributed by atoms with van der Waals surface area (Å²) in [5.41, 5.74) is 4.75. The second-order valence-electron chi connectivity index (χ2n) is 6.87. The maximum Gasteiger partial charge on any atom is 0.259 e. The molecule has 0 aliphatic carbocycles. The van der Waals surface area contributed by atoms with Gasteiger partial charge in [-0.15, -0.1) is 0 Å². The zero-order valence-corrected chi connectivity index (χ0v) is 17.9. The van der Waals surface area contributed by atoms with Crippen molar-refractivity contribution in [3.8, 4) is 11.5 Å². The van der Waals surface area contributed by atoms with E-state index in [1.54, 1.807) is 32.4 Å². The highest BCUT2D eigenvalue weighted by Crippen LogP contribution is 2.24. The van der Waals surface area contributed by atoms with E-state index in [0.29, 0.717) is 17.1 Å². The molecule has 3 rings (SSSR count). The lowest BCUT2D eigenvalue weighted by Gasteiger charge is -2.17. The van der Waals surface area contributed by atoms with Crippen LogP contribution in [0.25, 0.3) is 0 Å². The second kappa shape index (κ2) is 11.3. The van der Waals surface area contributed by atoms with Crippen molar-refractivity contribution in [2.75, 3.05) is 20.8 Å². The van der Waals surface area contributed by atoms with Gasteiger partial charge >= 0.3 is 0 Å². The number of amides is 2. The monoisotopic (exact) mass is 431 g/mol. The van der Waals surface area contributed by atoms with E-state index in [4.69, 9.17) is 9.47 Å². The second-order valence-corrected chi connectivity index (χ2v) is 6.87. The van der Waals surface area contributed by atoms with Crippen LogP contribution in [0.3, 0.4) is 0 Å². The van der Waals surface area contributed by atoms with Gasteiger partial charge in [-0.1, -0.05) is 60.7 Å². The third-order valence-corrected chi connectivity index (χ3v) is 4.78. The average Bonchev–Trinajstić information content (AvgIpc) is 2.84. The summed E-state index contributed by atoms with van der Waals surface area (Å²) in [6.45, 7) is -0.207. The highest BCUT2D eigenvalue weighted by Gasteiger charge is 2.22. The first-order valence-electron chi connectivity index (χ1n) is 10.0. The van der Waals surface area contributed by atoms with E-state index in [1.807, 2.05) is 60.7 Å². The van der Waals surface area contributed by atoms with Gasteiger partial charge in [-0.2, -0.15) is 5.10 Å². The van der Waals surface area contributed by atoms with Crippen molar-refractivity contribution in [1.29, 1.82) is 0 Å². The quantitative estimate of drug-likeness (QED) is 0.403. The molecular formula is C25H25N3O4. The minimum atomic E-state index is -0.519. The molecule has 0 heterocycles. The molecule has 2 amide bonds. The fourth-order valence-corrected chi connectivity index (χ4v) is 3.21. The summed E-state index contributed by atoms with van der Waals surface area (Å²) in [5, 5.41) is 6.65. The number of rotatable bonds is 9. The highest BCUT2D eigenvalue weighted by atomic mass is 16.5. The molecule has 0 saturated heterocycles. The zero-order valence-electron chi connectivity index (χ0n) is 17.9. The molecule has 32 heavy (non-hydrogen) atoms. The molecule has 0 atom stereocenters. The Morgan fingerprint density at radius 1 is 0.906 bits per heavy atom. The number of ether oxygens (including phenoxy) is 2. The van der Waals surface area contributed by atoms with Gasteiger partial charge in [0.1, 0.15) is 11.5 Å². The fourth-order valence-electron chi connectivity index (χ4n) is 3.21. The molecule has 2 N–H and O–H groups in total. The van der Waals surface area contributed by atoms with Crippen LogP contribution in [0.4, 0.5) is 0 Å². The number of hydrazone groups is 1. The Balaban J connectivity index is 1.62. The van der Waals surface area contributed by atoms with Crippen molar-refractivity contribution in [2.24, 2.45) is 5.10 Å². The van der Waals surface area contributed by atoms with E-state index < -0.39 is 11.8 Å². The predicted molar refractivity (Wildman–Crippen MR) is 123 cm³/mol. The summed E-state index contributed by atoms with van der Waals surface area (Å²) in [6.07, 6.45) is 1.46. The average molecular weight is 431 g/mol. The molecule has 0 radical (unpaired) electrons. The lowest BCUT2D eigenvalue weighted by Crippen LogP contribution is -2.37. The van der Waals surface area contributed by atoms with Crippen LogP contribution < -0.4 is 20.2 Å². The Kier molecular flexibility index (Phi) is 7.97. The first-order chi connectivity index (χ1) is 15.6. The van der Waals surface area contributed by atoms with Crippen molar-refractivity contribution < 1.29 is 19.1 Å². The summed E-state index contributed by atoms with van der Waals surface area (Å²) in [7, 11) is 3.11. The maximum atomic E-state index is 12.9. The standard InChI is InChI=1S/C25H25N3O4/c1-31-21-13-14-22(32-2)20(15-21)16-27-28-23(29)17-26-25(30)24(18-9-5-3-6-10-18)19-11-7-4-8-12-19/h3-16,24H,17H2,1-2H3,(H,26,30)(H,28,29)/b27-16+. The van der Waals surface area contributed by atoms with E-state index in [2.05, 4.69) is 15.8 Å². The number of benzene rings is 3. The van der Waals surface area contributed by atoms with Crippen molar-refractivity contribution >= 4 is 18.0 Å². The highest BCUT2D eigenvalue weighted by molar-refractivity contribution is 5.91. The first-order valence-corrected chi connectivity index (χ1v) is 10.0. The van der Waals surface area contributed by atoms with Gasteiger partial charge in [0, 0.05) is 5.56 Å². The molecule has 3 aromatic carbocycles. The smallest absolute Gasteiger partial charge is 0.259 e. The fraction of sp³-hybridized carbons (Fsp3) is 0.160. The SMILES string of the molecule is COc1ccc(OC)c(/C=N/NC(=O)CNC(=O)C(c2ccccc2)c2ccccc2)c1. The van der Waals surface area contributed by atoms with Crippen LogP contribution in [0.15, 0.2) is 84.0 Å². The molecule has 164 valence electrons. The van der Waals surface area contributed by atoms with Gasteiger partial charge in [0.2, 0.25) is 5.91 Å². The van der Waals surface area contributed by atoms with E-state index in [1.165, 1.54) is 6.21 Å². The molecule has 0 spiro atoms. The molecule has 0 saturated carbocycles.